The predicted molar refractivity (Wildman–Crippen MR) is 69.9 cm³/mol. The Morgan fingerprint density at radius 1 is 1.47 bits per heavy atom. The Hall–Kier alpha value is -1.49. The van der Waals surface area contributed by atoms with Gasteiger partial charge in [-0.3, -0.25) is 4.79 Å². The van der Waals surface area contributed by atoms with Crippen molar-refractivity contribution in [2.75, 3.05) is 0 Å². The number of carbonyl (C=O) groups excluding carboxylic acids is 1. The zero-order valence-electron chi connectivity index (χ0n) is 10.4. The number of hydrogen-bond donors (Lipinski definition) is 2. The van der Waals surface area contributed by atoms with Crippen LogP contribution in [0.1, 0.15) is 32.1 Å². The van der Waals surface area contributed by atoms with Gasteiger partial charge >= 0.3 is 5.43 Å². The van der Waals surface area contributed by atoms with Crippen molar-refractivity contribution < 1.29 is 19.4 Å². The number of rotatable bonds is 0. The van der Waals surface area contributed by atoms with Crippen LogP contribution in [0.4, 0.5) is 4.79 Å². The van der Waals surface area contributed by atoms with Crippen molar-refractivity contribution in [3.63, 3.8) is 0 Å². The van der Waals surface area contributed by atoms with E-state index in [1.807, 2.05) is 0 Å². The van der Waals surface area contributed by atoms with E-state index in [-0.39, 0.29) is 6.10 Å². The van der Waals surface area contributed by atoms with Crippen molar-refractivity contribution in [2.45, 2.75) is 44.2 Å². The first-order valence-corrected chi connectivity index (χ1v) is 6.67. The van der Waals surface area contributed by atoms with Crippen molar-refractivity contribution in [3.8, 4) is 0 Å². The van der Waals surface area contributed by atoms with Crippen molar-refractivity contribution in [2.24, 2.45) is 0 Å². The maximum absolute atomic E-state index is 11.3. The summed E-state index contributed by atoms with van der Waals surface area (Å²) in [5, 5.41) is 10.7. The third-order valence-corrected chi connectivity index (χ3v) is 3.37. The van der Waals surface area contributed by atoms with E-state index in [0.717, 1.165) is 30.7 Å². The van der Waals surface area contributed by atoms with Gasteiger partial charge in [-0.15, -0.1) is 0 Å². The number of ketones is 1. The second kappa shape index (κ2) is 6.10. The van der Waals surface area contributed by atoms with E-state index >= 15 is 0 Å². The highest BCUT2D eigenvalue weighted by molar-refractivity contribution is 6.60. The van der Waals surface area contributed by atoms with E-state index in [4.69, 9.17) is 14.6 Å². The number of carboxylic acid groups (broad SMARTS) is 1. The van der Waals surface area contributed by atoms with E-state index in [0.29, 0.717) is 24.7 Å². The van der Waals surface area contributed by atoms with Gasteiger partial charge in [-0.05, 0) is 18.9 Å². The molecule has 1 aliphatic heterocycles. The molecule has 2 atom stereocenters. The summed E-state index contributed by atoms with van der Waals surface area (Å²) >= 11 is 4.19. The maximum atomic E-state index is 11.3. The summed E-state index contributed by atoms with van der Waals surface area (Å²) < 4.78 is 5.91. The topological polar surface area (TPSA) is 75.6 Å². The zero-order valence-corrected chi connectivity index (χ0v) is 11.2. The second-order valence-corrected chi connectivity index (χ2v) is 5.04. The lowest BCUT2D eigenvalue weighted by Gasteiger charge is -2.39. The van der Waals surface area contributed by atoms with E-state index in [2.05, 4.69) is 29.1 Å². The molecule has 1 saturated carbocycles. The minimum atomic E-state index is -1.36. The molecule has 1 fully saturated rings. The summed E-state index contributed by atoms with van der Waals surface area (Å²) in [6, 6.07) is 0.337. The van der Waals surface area contributed by atoms with Crippen LogP contribution in [-0.2, 0) is 9.53 Å². The van der Waals surface area contributed by atoms with Crippen molar-refractivity contribution in [3.05, 3.63) is 23.6 Å². The molecule has 6 heteroatoms. The van der Waals surface area contributed by atoms with E-state index in [9.17, 15) is 4.79 Å². The number of carbonyl (C=O) groups is 2. The molecule has 0 saturated heterocycles. The van der Waals surface area contributed by atoms with Gasteiger partial charge in [0.05, 0.1) is 11.7 Å². The van der Waals surface area contributed by atoms with Crippen LogP contribution in [0.15, 0.2) is 23.6 Å². The average Bonchev–Trinajstić information content (AvgIpc) is 2.35. The predicted octanol–water partition coefficient (Wildman–Crippen LogP) is 2.56. The molecule has 0 amide bonds. The Kier molecular flexibility index (Phi) is 4.47. The fourth-order valence-corrected chi connectivity index (χ4v) is 2.54. The van der Waals surface area contributed by atoms with Gasteiger partial charge in [-0.1, -0.05) is 6.08 Å². The third kappa shape index (κ3) is 3.73. The molecule has 2 aliphatic carbocycles. The molecule has 104 valence electrons. The molecule has 19 heavy (non-hydrogen) atoms. The summed E-state index contributed by atoms with van der Waals surface area (Å²) in [4.78, 5) is 20.1. The first-order valence-electron chi connectivity index (χ1n) is 6.29. The minimum absolute atomic E-state index is 0.0801. The van der Waals surface area contributed by atoms with Crippen LogP contribution in [0.3, 0.4) is 0 Å². The van der Waals surface area contributed by atoms with Gasteiger partial charge in [-0.25, -0.2) is 4.79 Å². The lowest BCUT2D eigenvalue weighted by atomic mass is 9.89. The molecule has 0 aromatic carbocycles. The number of Topliss-reactive ketones (excluding diaryl/α,β-unsaturated/α-hetero) is 1. The first-order chi connectivity index (χ1) is 9.06. The standard InChI is InChI=1S/C12H15NO2.CHClO2/c14-8-5-6-10-12(7-8)15-11-4-2-1-3-9(11)13-10;2-1(3)4/h1,3,10,12-13H,2,4-7H2;(H,3,4). The third-order valence-electron chi connectivity index (χ3n) is 3.37. The molecule has 0 bridgehead atoms. The molecular weight excluding hydrogens is 270 g/mol. The second-order valence-electron chi connectivity index (χ2n) is 4.72. The fraction of sp³-hybridized carbons (Fsp3) is 0.538. The average molecular weight is 286 g/mol. The smallest absolute Gasteiger partial charge is 0.401 e. The number of nitrogens with one attached hydrogen (secondary N) is 1. The molecule has 3 aliphatic rings. The van der Waals surface area contributed by atoms with Crippen molar-refractivity contribution in [1.82, 2.24) is 5.32 Å². The number of hydrogen-bond acceptors (Lipinski definition) is 4. The van der Waals surface area contributed by atoms with E-state index < -0.39 is 5.43 Å². The Morgan fingerprint density at radius 2 is 2.21 bits per heavy atom. The molecule has 1 heterocycles. The molecule has 0 radical (unpaired) electrons. The van der Waals surface area contributed by atoms with Gasteiger partial charge in [-0.2, -0.15) is 0 Å². The molecule has 2 N–H and O–H groups in total. The van der Waals surface area contributed by atoms with Crippen LogP contribution in [0.5, 0.6) is 0 Å². The SMILES string of the molecule is O=C(O)Cl.O=C1CCC2NC3=C(CCC=C3)OC2C1. The first kappa shape index (κ1) is 13.9. The summed E-state index contributed by atoms with van der Waals surface area (Å²) in [6.07, 6.45) is 8.56. The summed E-state index contributed by atoms with van der Waals surface area (Å²) in [5.74, 6) is 1.39. The van der Waals surface area contributed by atoms with Gasteiger partial charge in [0, 0.05) is 30.9 Å². The van der Waals surface area contributed by atoms with Crippen LogP contribution in [-0.4, -0.2) is 28.5 Å². The van der Waals surface area contributed by atoms with Crippen molar-refractivity contribution >= 4 is 22.8 Å². The van der Waals surface area contributed by atoms with Crippen LogP contribution >= 0.6 is 11.6 Å². The molecule has 2 unspecified atom stereocenters. The number of ether oxygens (including phenoxy) is 1. The van der Waals surface area contributed by atoms with Gasteiger partial charge < -0.3 is 15.2 Å². The largest absolute Gasteiger partial charge is 0.490 e. The molecule has 0 aromatic rings. The normalized spacial score (nSPS) is 28.2. The lowest BCUT2D eigenvalue weighted by molar-refractivity contribution is -0.125. The van der Waals surface area contributed by atoms with Gasteiger partial charge in [0.15, 0.2) is 0 Å². The van der Waals surface area contributed by atoms with Gasteiger partial charge in [0.25, 0.3) is 0 Å². The Labute approximate surface area is 116 Å². The highest BCUT2D eigenvalue weighted by atomic mass is 35.5. The number of fused-ring (bicyclic) bond motifs is 1. The zero-order chi connectivity index (χ0) is 13.8. The van der Waals surface area contributed by atoms with Gasteiger partial charge in [0.2, 0.25) is 0 Å². The number of halogens is 1. The van der Waals surface area contributed by atoms with Crippen LogP contribution < -0.4 is 5.32 Å². The maximum Gasteiger partial charge on any atom is 0.401 e. The summed E-state index contributed by atoms with van der Waals surface area (Å²) in [6.45, 7) is 0. The van der Waals surface area contributed by atoms with Crippen LogP contribution in [0.2, 0.25) is 0 Å². The Bertz CT molecular complexity index is 440. The number of allylic oxidation sites excluding steroid dienone is 3. The van der Waals surface area contributed by atoms with Crippen molar-refractivity contribution in [1.29, 1.82) is 0 Å². The monoisotopic (exact) mass is 285 g/mol. The quantitative estimate of drug-likeness (QED) is 0.669. The fourth-order valence-electron chi connectivity index (χ4n) is 2.54. The lowest BCUT2D eigenvalue weighted by Crippen LogP contribution is -2.48. The Balaban J connectivity index is 0.000000297. The molecule has 3 rings (SSSR count). The summed E-state index contributed by atoms with van der Waals surface area (Å²) in [5.41, 5.74) is -0.225. The van der Waals surface area contributed by atoms with E-state index in [1.165, 1.54) is 0 Å². The van der Waals surface area contributed by atoms with Crippen LogP contribution in [0, 0.1) is 0 Å². The summed E-state index contributed by atoms with van der Waals surface area (Å²) in [7, 11) is 0. The molecule has 0 spiro atoms. The Morgan fingerprint density at radius 3 is 2.95 bits per heavy atom. The van der Waals surface area contributed by atoms with E-state index in [1.54, 1.807) is 0 Å². The molecule has 0 aromatic heterocycles. The highest BCUT2D eigenvalue weighted by Gasteiger charge is 2.35. The van der Waals surface area contributed by atoms with Crippen LogP contribution in [0.25, 0.3) is 0 Å². The van der Waals surface area contributed by atoms with Gasteiger partial charge in [0.1, 0.15) is 17.6 Å². The minimum Gasteiger partial charge on any atom is -0.490 e. The molecule has 5 nitrogen and oxygen atoms in total. The highest BCUT2D eigenvalue weighted by Crippen LogP contribution is 2.31. The molecular formula is C13H16ClNO4.